The molecule has 1 aliphatic heterocycles. The van der Waals surface area contributed by atoms with Gasteiger partial charge in [0.1, 0.15) is 12.2 Å². The van der Waals surface area contributed by atoms with Gasteiger partial charge in [-0.3, -0.25) is 0 Å². The molecule has 12 heavy (non-hydrogen) atoms. The van der Waals surface area contributed by atoms with E-state index in [4.69, 9.17) is 9.78 Å². The Balaban J connectivity index is 2.51. The van der Waals surface area contributed by atoms with E-state index in [2.05, 4.69) is 6.58 Å². The van der Waals surface area contributed by atoms with Crippen LogP contribution in [0.3, 0.4) is 0 Å². The Morgan fingerprint density at radius 2 is 2.08 bits per heavy atom. The quantitative estimate of drug-likeness (QED) is 0.505. The maximum Gasteiger partial charge on any atom is 0.124 e. The zero-order chi connectivity index (χ0) is 9.35. The Morgan fingerprint density at radius 3 is 2.33 bits per heavy atom. The Kier molecular flexibility index (Phi) is 2.56. The van der Waals surface area contributed by atoms with Crippen LogP contribution in [0.5, 0.6) is 0 Å². The van der Waals surface area contributed by atoms with Crippen molar-refractivity contribution in [3.05, 3.63) is 12.2 Å². The lowest BCUT2D eigenvalue weighted by Gasteiger charge is -2.21. The molecule has 0 aromatic heterocycles. The lowest BCUT2D eigenvalue weighted by molar-refractivity contribution is -0.311. The summed E-state index contributed by atoms with van der Waals surface area (Å²) in [4.78, 5) is 9.97. The summed E-state index contributed by atoms with van der Waals surface area (Å²) < 4.78 is 0. The van der Waals surface area contributed by atoms with E-state index >= 15 is 0 Å². The van der Waals surface area contributed by atoms with Crippen LogP contribution in [0, 0.1) is 0 Å². The van der Waals surface area contributed by atoms with Gasteiger partial charge in [-0.2, -0.15) is 0 Å². The van der Waals surface area contributed by atoms with Gasteiger partial charge in [0, 0.05) is 6.42 Å². The van der Waals surface area contributed by atoms with E-state index < -0.39 is 5.60 Å². The first-order valence-corrected chi connectivity index (χ1v) is 4.11. The number of rotatable bonds is 2. The van der Waals surface area contributed by atoms with Crippen molar-refractivity contribution in [2.75, 3.05) is 0 Å². The molecule has 1 saturated heterocycles. The molecule has 0 amide bonds. The van der Waals surface area contributed by atoms with E-state index in [0.29, 0.717) is 6.42 Å². The summed E-state index contributed by atoms with van der Waals surface area (Å²) in [5, 5.41) is 9.58. The van der Waals surface area contributed by atoms with Crippen LogP contribution in [-0.2, 0) is 9.78 Å². The second-order valence-electron chi connectivity index (χ2n) is 3.91. The monoisotopic (exact) mass is 172 g/mol. The molecule has 1 fully saturated rings. The Morgan fingerprint density at radius 1 is 1.50 bits per heavy atom. The van der Waals surface area contributed by atoms with Gasteiger partial charge in [-0.05, 0) is 26.3 Å². The van der Waals surface area contributed by atoms with Crippen molar-refractivity contribution >= 4 is 0 Å². The minimum absolute atomic E-state index is 0.0681. The van der Waals surface area contributed by atoms with Crippen LogP contribution in [0.25, 0.3) is 0 Å². The van der Waals surface area contributed by atoms with E-state index in [1.165, 1.54) is 0 Å². The van der Waals surface area contributed by atoms with Crippen LogP contribution in [0.15, 0.2) is 12.2 Å². The highest BCUT2D eigenvalue weighted by Crippen LogP contribution is 2.28. The molecule has 1 aliphatic rings. The predicted molar refractivity (Wildman–Crippen MR) is 45.5 cm³/mol. The zero-order valence-corrected chi connectivity index (χ0v) is 7.83. The maximum absolute atomic E-state index is 9.58. The molecule has 0 unspecified atom stereocenters. The standard InChI is InChI=1S/C9H16O3/c1-6(2)7-5-8(12-11-7)9(3,4)10/h7-8,10H,1,5H2,2-4H3/t7-,8+/m1/s1. The number of hydrogen-bond donors (Lipinski definition) is 1. The molecule has 1 heterocycles. The summed E-state index contributed by atoms with van der Waals surface area (Å²) in [5.74, 6) is 0. The Bertz CT molecular complexity index is 181. The van der Waals surface area contributed by atoms with Gasteiger partial charge in [-0.15, -0.1) is 0 Å². The summed E-state index contributed by atoms with van der Waals surface area (Å²) in [5.41, 5.74) is 0.0891. The summed E-state index contributed by atoms with van der Waals surface area (Å²) in [7, 11) is 0. The van der Waals surface area contributed by atoms with Crippen LogP contribution in [0.1, 0.15) is 27.2 Å². The van der Waals surface area contributed by atoms with Gasteiger partial charge in [0.15, 0.2) is 0 Å². The van der Waals surface area contributed by atoms with Crippen molar-refractivity contribution in [3.8, 4) is 0 Å². The second kappa shape index (κ2) is 3.17. The second-order valence-corrected chi connectivity index (χ2v) is 3.91. The van der Waals surface area contributed by atoms with Crippen molar-refractivity contribution in [1.82, 2.24) is 0 Å². The molecule has 2 atom stereocenters. The van der Waals surface area contributed by atoms with Gasteiger partial charge >= 0.3 is 0 Å². The molecule has 1 N–H and O–H groups in total. The average molecular weight is 172 g/mol. The fourth-order valence-corrected chi connectivity index (χ4v) is 1.10. The highest BCUT2D eigenvalue weighted by atomic mass is 17.2. The van der Waals surface area contributed by atoms with Crippen LogP contribution in [0.2, 0.25) is 0 Å². The first-order valence-electron chi connectivity index (χ1n) is 4.11. The Labute approximate surface area is 72.9 Å². The van der Waals surface area contributed by atoms with Gasteiger partial charge in [-0.25, -0.2) is 9.78 Å². The van der Waals surface area contributed by atoms with E-state index in [-0.39, 0.29) is 12.2 Å². The molecular weight excluding hydrogens is 156 g/mol. The maximum atomic E-state index is 9.58. The van der Waals surface area contributed by atoms with Crippen LogP contribution < -0.4 is 0 Å². The Hall–Kier alpha value is -0.380. The van der Waals surface area contributed by atoms with Crippen molar-refractivity contribution in [3.63, 3.8) is 0 Å². The lowest BCUT2D eigenvalue weighted by Crippen LogP contribution is -2.35. The molecule has 0 aliphatic carbocycles. The van der Waals surface area contributed by atoms with Crippen molar-refractivity contribution in [2.45, 2.75) is 45.0 Å². The van der Waals surface area contributed by atoms with Gasteiger partial charge < -0.3 is 5.11 Å². The average Bonchev–Trinajstić information content (AvgIpc) is 2.30. The fourth-order valence-electron chi connectivity index (χ4n) is 1.10. The largest absolute Gasteiger partial charge is 0.388 e. The smallest absolute Gasteiger partial charge is 0.124 e. The normalized spacial score (nSPS) is 30.7. The SMILES string of the molecule is C=C(C)[C@H]1C[C@@H](C(C)(C)O)OO1. The van der Waals surface area contributed by atoms with Crippen molar-refractivity contribution < 1.29 is 14.9 Å². The molecule has 0 aromatic rings. The highest BCUT2D eigenvalue weighted by Gasteiger charge is 2.37. The molecule has 0 saturated carbocycles. The van der Waals surface area contributed by atoms with Crippen LogP contribution in [-0.4, -0.2) is 22.9 Å². The summed E-state index contributed by atoms with van der Waals surface area (Å²) in [6.45, 7) is 9.08. The van der Waals surface area contributed by atoms with Gasteiger partial charge in [0.05, 0.1) is 5.60 Å². The molecule has 0 bridgehead atoms. The molecular formula is C9H16O3. The van der Waals surface area contributed by atoms with E-state index in [0.717, 1.165) is 5.57 Å². The molecule has 3 nitrogen and oxygen atoms in total. The van der Waals surface area contributed by atoms with Crippen LogP contribution in [0.4, 0.5) is 0 Å². The van der Waals surface area contributed by atoms with Gasteiger partial charge in [-0.1, -0.05) is 6.58 Å². The first-order chi connectivity index (χ1) is 5.41. The first kappa shape index (κ1) is 9.71. The zero-order valence-electron chi connectivity index (χ0n) is 7.83. The van der Waals surface area contributed by atoms with Gasteiger partial charge in [0.25, 0.3) is 0 Å². The molecule has 0 spiro atoms. The number of hydrogen-bond acceptors (Lipinski definition) is 3. The summed E-state index contributed by atoms with van der Waals surface area (Å²) in [6, 6.07) is 0. The van der Waals surface area contributed by atoms with Crippen molar-refractivity contribution in [1.29, 1.82) is 0 Å². The topological polar surface area (TPSA) is 38.7 Å². The minimum Gasteiger partial charge on any atom is -0.388 e. The van der Waals surface area contributed by atoms with Crippen LogP contribution >= 0.6 is 0 Å². The number of aliphatic hydroxyl groups is 1. The third-order valence-corrected chi connectivity index (χ3v) is 2.05. The predicted octanol–water partition coefficient (Wildman–Crippen LogP) is 1.42. The summed E-state index contributed by atoms with van der Waals surface area (Å²) >= 11 is 0. The minimum atomic E-state index is -0.843. The molecule has 1 rings (SSSR count). The van der Waals surface area contributed by atoms with E-state index in [9.17, 15) is 5.11 Å². The van der Waals surface area contributed by atoms with Gasteiger partial charge in [0.2, 0.25) is 0 Å². The molecule has 0 radical (unpaired) electrons. The molecule has 70 valence electrons. The molecule has 3 heteroatoms. The highest BCUT2D eigenvalue weighted by molar-refractivity contribution is 5.01. The molecule has 0 aromatic carbocycles. The third kappa shape index (κ3) is 2.06. The lowest BCUT2D eigenvalue weighted by atomic mass is 9.95. The van der Waals surface area contributed by atoms with E-state index in [1.54, 1.807) is 13.8 Å². The van der Waals surface area contributed by atoms with E-state index in [1.807, 2.05) is 6.92 Å². The third-order valence-electron chi connectivity index (χ3n) is 2.05. The van der Waals surface area contributed by atoms with Crippen molar-refractivity contribution in [2.24, 2.45) is 0 Å². The summed E-state index contributed by atoms with van der Waals surface area (Å²) in [6.07, 6.45) is 0.361. The fraction of sp³-hybridized carbons (Fsp3) is 0.778.